The van der Waals surface area contributed by atoms with Crippen LogP contribution in [0.15, 0.2) is 23.2 Å². The van der Waals surface area contributed by atoms with Crippen molar-refractivity contribution in [3.63, 3.8) is 0 Å². The highest BCUT2D eigenvalue weighted by atomic mass is 19.4. The van der Waals surface area contributed by atoms with Gasteiger partial charge in [0.2, 0.25) is 0 Å². The van der Waals surface area contributed by atoms with Crippen molar-refractivity contribution < 1.29 is 27.8 Å². The molecule has 1 saturated heterocycles. The Bertz CT molecular complexity index is 707. The number of guanidine groups is 1. The number of piperazine rings is 1. The van der Waals surface area contributed by atoms with Crippen LogP contribution in [0.3, 0.4) is 0 Å². The van der Waals surface area contributed by atoms with Crippen LogP contribution in [0, 0.1) is 0 Å². The quantitative estimate of drug-likeness (QED) is 0.509. The van der Waals surface area contributed by atoms with Gasteiger partial charge in [0.15, 0.2) is 17.5 Å². The molecule has 0 spiro atoms. The van der Waals surface area contributed by atoms with Crippen LogP contribution >= 0.6 is 0 Å². The van der Waals surface area contributed by atoms with Crippen LogP contribution in [0.4, 0.5) is 13.2 Å². The largest absolute Gasteiger partial charge is 0.493 e. The molecule has 0 saturated carbocycles. The van der Waals surface area contributed by atoms with E-state index in [9.17, 15) is 18.3 Å². The summed E-state index contributed by atoms with van der Waals surface area (Å²) in [6, 6.07) is 3.69. The molecular weight excluding hydrogens is 401 g/mol. The topological polar surface area (TPSA) is 69.6 Å². The van der Waals surface area contributed by atoms with Gasteiger partial charge in [0.1, 0.15) is 6.04 Å². The first kappa shape index (κ1) is 24.1. The predicted molar refractivity (Wildman–Crippen MR) is 109 cm³/mol. The Morgan fingerprint density at radius 2 is 1.80 bits per heavy atom. The molecule has 0 amide bonds. The van der Waals surface area contributed by atoms with Crippen molar-refractivity contribution in [2.75, 3.05) is 53.5 Å². The molecule has 0 aromatic heterocycles. The van der Waals surface area contributed by atoms with Gasteiger partial charge >= 0.3 is 6.18 Å². The number of aliphatic imine (C=N–C) groups is 1. The molecule has 0 radical (unpaired) electrons. The Morgan fingerprint density at radius 1 is 1.17 bits per heavy atom. The minimum Gasteiger partial charge on any atom is -0.493 e. The van der Waals surface area contributed by atoms with Gasteiger partial charge in [0.05, 0.1) is 26.9 Å². The summed E-state index contributed by atoms with van der Waals surface area (Å²) < 4.78 is 49.3. The number of aliphatic hydroxyl groups is 1. The molecule has 2 unspecified atom stereocenters. The first-order chi connectivity index (χ1) is 14.2. The number of alkyl halides is 3. The second-order valence-corrected chi connectivity index (χ2v) is 7.07. The summed E-state index contributed by atoms with van der Waals surface area (Å²) in [5, 5.41) is 13.7. The van der Waals surface area contributed by atoms with Gasteiger partial charge in [-0.3, -0.25) is 9.89 Å². The number of rotatable bonds is 7. The maximum atomic E-state index is 12.9. The number of methoxy groups -OCH3 is 2. The normalized spacial score (nSPS) is 18.1. The van der Waals surface area contributed by atoms with E-state index >= 15 is 0 Å². The number of halogens is 3. The van der Waals surface area contributed by atoms with Gasteiger partial charge in [-0.15, -0.1) is 0 Å². The average Bonchev–Trinajstić information content (AvgIpc) is 2.74. The molecule has 1 aromatic rings. The fourth-order valence-corrected chi connectivity index (χ4v) is 3.29. The summed E-state index contributed by atoms with van der Waals surface area (Å²) in [4.78, 5) is 7.85. The van der Waals surface area contributed by atoms with E-state index in [-0.39, 0.29) is 6.54 Å². The van der Waals surface area contributed by atoms with E-state index in [0.29, 0.717) is 55.7 Å². The molecule has 1 heterocycles. The first-order valence-corrected chi connectivity index (χ1v) is 9.95. The number of hydrogen-bond donors (Lipinski definition) is 2. The highest BCUT2D eigenvalue weighted by Crippen LogP contribution is 2.30. The molecule has 10 heteroatoms. The third-order valence-electron chi connectivity index (χ3n) is 5.18. The average molecular weight is 432 g/mol. The lowest BCUT2D eigenvalue weighted by Crippen LogP contribution is -2.56. The molecule has 7 nitrogen and oxygen atoms in total. The Kier molecular flexibility index (Phi) is 8.60. The summed E-state index contributed by atoms with van der Waals surface area (Å²) in [5.74, 6) is 1.66. The molecule has 0 bridgehead atoms. The van der Waals surface area contributed by atoms with E-state index in [1.165, 1.54) is 26.0 Å². The summed E-state index contributed by atoms with van der Waals surface area (Å²) in [5.41, 5.74) is 0.635. The second kappa shape index (κ2) is 10.7. The molecule has 30 heavy (non-hydrogen) atoms. The molecule has 2 rings (SSSR count). The Morgan fingerprint density at radius 3 is 2.33 bits per heavy atom. The Balaban J connectivity index is 2.03. The van der Waals surface area contributed by atoms with Gasteiger partial charge in [0.25, 0.3) is 0 Å². The number of benzene rings is 1. The van der Waals surface area contributed by atoms with Crippen molar-refractivity contribution in [2.45, 2.75) is 32.2 Å². The monoisotopic (exact) mass is 432 g/mol. The third kappa shape index (κ3) is 6.15. The molecule has 0 aliphatic carbocycles. The summed E-state index contributed by atoms with van der Waals surface area (Å²) in [7, 11) is 3.06. The molecule has 1 fully saturated rings. The highest BCUT2D eigenvalue weighted by Gasteiger charge is 2.41. The van der Waals surface area contributed by atoms with Crippen LogP contribution in [0.5, 0.6) is 11.5 Å². The van der Waals surface area contributed by atoms with Crippen molar-refractivity contribution in [1.29, 1.82) is 0 Å². The molecule has 2 N–H and O–H groups in total. The van der Waals surface area contributed by atoms with Crippen LogP contribution in [0.2, 0.25) is 0 Å². The van der Waals surface area contributed by atoms with Crippen molar-refractivity contribution >= 4 is 5.96 Å². The summed E-state index contributed by atoms with van der Waals surface area (Å²) in [6.45, 7) is 5.28. The van der Waals surface area contributed by atoms with Gasteiger partial charge in [-0.05, 0) is 31.5 Å². The van der Waals surface area contributed by atoms with E-state index in [1.807, 2.05) is 11.8 Å². The standard InChI is InChI=1S/C20H31F3N4O3/c1-5-24-19(27-10-8-26(9-11-27)14(2)20(21,22)23)25-13-16(28)15-6-7-17(29-3)18(12-15)30-4/h6-7,12,14,16,28H,5,8-11,13H2,1-4H3,(H,24,25). The zero-order valence-corrected chi connectivity index (χ0v) is 17.9. The van der Waals surface area contributed by atoms with Crippen molar-refractivity contribution in [3.8, 4) is 11.5 Å². The van der Waals surface area contributed by atoms with Gasteiger partial charge in [-0.25, -0.2) is 0 Å². The smallest absolute Gasteiger partial charge is 0.403 e. The lowest BCUT2D eigenvalue weighted by atomic mass is 10.1. The number of ether oxygens (including phenoxy) is 2. The van der Waals surface area contributed by atoms with Crippen LogP contribution in [0.1, 0.15) is 25.5 Å². The van der Waals surface area contributed by atoms with Gasteiger partial charge in [0, 0.05) is 32.7 Å². The fourth-order valence-electron chi connectivity index (χ4n) is 3.29. The second-order valence-electron chi connectivity index (χ2n) is 7.07. The van der Waals surface area contributed by atoms with E-state index in [1.54, 1.807) is 18.2 Å². The molecule has 1 aromatic carbocycles. The summed E-state index contributed by atoms with van der Waals surface area (Å²) in [6.07, 6.45) is -5.09. The number of nitrogens with zero attached hydrogens (tertiary/aromatic N) is 3. The minimum absolute atomic E-state index is 0.108. The van der Waals surface area contributed by atoms with Crippen LogP contribution < -0.4 is 14.8 Å². The van der Waals surface area contributed by atoms with Crippen LogP contribution in [-0.2, 0) is 0 Å². The number of nitrogens with one attached hydrogen (secondary N) is 1. The lowest BCUT2D eigenvalue weighted by molar-refractivity contribution is -0.181. The lowest BCUT2D eigenvalue weighted by Gasteiger charge is -2.39. The molecule has 2 atom stereocenters. The third-order valence-corrected chi connectivity index (χ3v) is 5.18. The van der Waals surface area contributed by atoms with Crippen molar-refractivity contribution in [1.82, 2.24) is 15.1 Å². The zero-order chi connectivity index (χ0) is 22.3. The van der Waals surface area contributed by atoms with Gasteiger partial charge < -0.3 is 24.8 Å². The molecular formula is C20H31F3N4O3. The van der Waals surface area contributed by atoms with Crippen molar-refractivity contribution in [3.05, 3.63) is 23.8 Å². The van der Waals surface area contributed by atoms with E-state index in [4.69, 9.17) is 9.47 Å². The Hall–Kier alpha value is -2.20. The van der Waals surface area contributed by atoms with Gasteiger partial charge in [-0.1, -0.05) is 6.07 Å². The molecule has 1 aliphatic heterocycles. The predicted octanol–water partition coefficient (Wildman–Crippen LogP) is 2.27. The maximum Gasteiger partial charge on any atom is 0.403 e. The van der Waals surface area contributed by atoms with E-state index in [0.717, 1.165) is 0 Å². The minimum atomic E-state index is -4.23. The highest BCUT2D eigenvalue weighted by molar-refractivity contribution is 5.80. The SMILES string of the molecule is CCNC(=NCC(O)c1ccc(OC)c(OC)c1)N1CCN(C(C)C(F)(F)F)CC1. The van der Waals surface area contributed by atoms with E-state index < -0.39 is 18.3 Å². The Labute approximate surface area is 175 Å². The first-order valence-electron chi connectivity index (χ1n) is 9.95. The molecule has 170 valence electrons. The zero-order valence-electron chi connectivity index (χ0n) is 17.9. The molecule has 1 aliphatic rings. The number of aliphatic hydroxyl groups excluding tert-OH is 1. The summed E-state index contributed by atoms with van der Waals surface area (Å²) >= 11 is 0. The fraction of sp³-hybridized carbons (Fsp3) is 0.650. The van der Waals surface area contributed by atoms with Crippen LogP contribution in [0.25, 0.3) is 0 Å². The van der Waals surface area contributed by atoms with Crippen LogP contribution in [-0.4, -0.2) is 86.6 Å². The number of hydrogen-bond acceptors (Lipinski definition) is 5. The maximum absolute atomic E-state index is 12.9. The van der Waals surface area contributed by atoms with Gasteiger partial charge in [-0.2, -0.15) is 13.2 Å². The van der Waals surface area contributed by atoms with E-state index in [2.05, 4.69) is 10.3 Å². The van der Waals surface area contributed by atoms with Crippen molar-refractivity contribution in [2.24, 2.45) is 4.99 Å².